The van der Waals surface area contributed by atoms with Crippen LogP contribution in [0.25, 0.3) is 5.57 Å². The molecule has 96 valence electrons. The standard InChI is InChI=1S/C17H22O/c1-14(16-10-3-2-4-11-16)7-5-8-15-9-6-12-17(18)13-15/h2-4,10-11,15H,1,5-9,12-13H2. The minimum absolute atomic E-state index is 0.466. The van der Waals surface area contributed by atoms with E-state index in [0.29, 0.717) is 11.7 Å². The molecular formula is C17H22O. The average molecular weight is 242 g/mol. The van der Waals surface area contributed by atoms with E-state index in [0.717, 1.165) is 32.1 Å². The zero-order valence-corrected chi connectivity index (χ0v) is 11.0. The minimum Gasteiger partial charge on any atom is -0.300 e. The van der Waals surface area contributed by atoms with Crippen LogP contribution in [0, 0.1) is 5.92 Å². The molecule has 1 nitrogen and oxygen atoms in total. The zero-order valence-electron chi connectivity index (χ0n) is 11.0. The number of benzene rings is 1. The number of Topliss-reactive ketones (excluding diaryl/α,β-unsaturated/α-hetero) is 1. The molecule has 0 aromatic heterocycles. The van der Waals surface area contributed by atoms with Gasteiger partial charge in [-0.1, -0.05) is 36.9 Å². The molecule has 0 aliphatic heterocycles. The van der Waals surface area contributed by atoms with Crippen molar-refractivity contribution in [3.63, 3.8) is 0 Å². The van der Waals surface area contributed by atoms with Crippen molar-refractivity contribution in [3.8, 4) is 0 Å². The summed E-state index contributed by atoms with van der Waals surface area (Å²) < 4.78 is 0. The molecule has 1 unspecified atom stereocenters. The van der Waals surface area contributed by atoms with E-state index in [-0.39, 0.29) is 0 Å². The fraction of sp³-hybridized carbons (Fsp3) is 0.471. The SMILES string of the molecule is C=C(CCCC1CCCC(=O)C1)c1ccccc1. The lowest BCUT2D eigenvalue weighted by molar-refractivity contribution is -0.121. The highest BCUT2D eigenvalue weighted by atomic mass is 16.1. The molecule has 0 heterocycles. The van der Waals surface area contributed by atoms with E-state index < -0.39 is 0 Å². The molecule has 1 aromatic rings. The van der Waals surface area contributed by atoms with E-state index in [1.54, 1.807) is 0 Å². The van der Waals surface area contributed by atoms with Crippen molar-refractivity contribution in [2.75, 3.05) is 0 Å². The van der Waals surface area contributed by atoms with E-state index in [9.17, 15) is 4.79 Å². The molecule has 1 saturated carbocycles. The predicted molar refractivity (Wildman–Crippen MR) is 76.3 cm³/mol. The highest BCUT2D eigenvalue weighted by molar-refractivity contribution is 5.79. The first-order chi connectivity index (χ1) is 8.75. The van der Waals surface area contributed by atoms with Crippen LogP contribution in [0.1, 0.15) is 50.5 Å². The van der Waals surface area contributed by atoms with E-state index >= 15 is 0 Å². The summed E-state index contributed by atoms with van der Waals surface area (Å²) in [5.74, 6) is 1.10. The molecule has 1 aromatic carbocycles. The summed E-state index contributed by atoms with van der Waals surface area (Å²) in [5.41, 5.74) is 2.47. The fourth-order valence-electron chi connectivity index (χ4n) is 2.78. The van der Waals surface area contributed by atoms with Crippen LogP contribution in [0.3, 0.4) is 0 Å². The molecule has 1 atom stereocenters. The van der Waals surface area contributed by atoms with Crippen LogP contribution in [0.5, 0.6) is 0 Å². The summed E-state index contributed by atoms with van der Waals surface area (Å²) in [6, 6.07) is 10.4. The number of rotatable bonds is 5. The van der Waals surface area contributed by atoms with Crippen molar-refractivity contribution in [1.82, 2.24) is 0 Å². The number of carbonyl (C=O) groups is 1. The summed E-state index contributed by atoms with van der Waals surface area (Å²) in [6.45, 7) is 4.16. The van der Waals surface area contributed by atoms with Gasteiger partial charge in [0.2, 0.25) is 0 Å². The molecule has 1 heteroatoms. The third kappa shape index (κ3) is 3.83. The van der Waals surface area contributed by atoms with Crippen LogP contribution in [0.2, 0.25) is 0 Å². The number of hydrogen-bond donors (Lipinski definition) is 0. The Morgan fingerprint density at radius 1 is 1.28 bits per heavy atom. The quantitative estimate of drug-likeness (QED) is 0.735. The fourth-order valence-corrected chi connectivity index (χ4v) is 2.78. The maximum Gasteiger partial charge on any atom is 0.133 e. The number of ketones is 1. The normalized spacial score (nSPS) is 19.8. The Bertz CT molecular complexity index is 405. The molecule has 2 rings (SSSR count). The van der Waals surface area contributed by atoms with Gasteiger partial charge < -0.3 is 0 Å². The first-order valence-electron chi connectivity index (χ1n) is 7.00. The molecule has 0 radical (unpaired) electrons. The topological polar surface area (TPSA) is 17.1 Å². The summed E-state index contributed by atoms with van der Waals surface area (Å²) in [7, 11) is 0. The van der Waals surface area contributed by atoms with Crippen molar-refractivity contribution >= 4 is 11.4 Å². The molecule has 18 heavy (non-hydrogen) atoms. The third-order valence-corrected chi connectivity index (χ3v) is 3.86. The summed E-state index contributed by atoms with van der Waals surface area (Å²) in [6.07, 6.45) is 7.36. The summed E-state index contributed by atoms with van der Waals surface area (Å²) >= 11 is 0. The first kappa shape index (κ1) is 13.1. The van der Waals surface area contributed by atoms with E-state index in [1.807, 2.05) is 6.07 Å². The Morgan fingerprint density at radius 2 is 2.06 bits per heavy atom. The van der Waals surface area contributed by atoms with Crippen LogP contribution in [-0.4, -0.2) is 5.78 Å². The predicted octanol–water partition coefficient (Wildman–Crippen LogP) is 4.63. The van der Waals surface area contributed by atoms with Gasteiger partial charge in [-0.15, -0.1) is 0 Å². The van der Waals surface area contributed by atoms with Gasteiger partial charge in [-0.05, 0) is 49.2 Å². The lowest BCUT2D eigenvalue weighted by atomic mass is 9.84. The van der Waals surface area contributed by atoms with Crippen molar-refractivity contribution in [2.45, 2.75) is 44.9 Å². The van der Waals surface area contributed by atoms with E-state index in [2.05, 4.69) is 30.8 Å². The van der Waals surface area contributed by atoms with Crippen LogP contribution in [0.15, 0.2) is 36.9 Å². The molecule has 0 bridgehead atoms. The average Bonchev–Trinajstić information content (AvgIpc) is 2.40. The Hall–Kier alpha value is -1.37. The molecule has 0 N–H and O–H groups in total. The van der Waals surface area contributed by atoms with Crippen LogP contribution >= 0.6 is 0 Å². The molecule has 1 fully saturated rings. The van der Waals surface area contributed by atoms with Crippen molar-refractivity contribution in [2.24, 2.45) is 5.92 Å². The lowest BCUT2D eigenvalue weighted by Gasteiger charge is -2.20. The second-order valence-electron chi connectivity index (χ2n) is 5.36. The second-order valence-corrected chi connectivity index (χ2v) is 5.36. The molecule has 1 aliphatic carbocycles. The molecule has 0 spiro atoms. The number of allylic oxidation sites excluding steroid dienone is 1. The maximum absolute atomic E-state index is 11.4. The molecule has 0 saturated heterocycles. The third-order valence-electron chi connectivity index (χ3n) is 3.86. The lowest BCUT2D eigenvalue weighted by Crippen LogP contribution is -2.14. The Kier molecular flexibility index (Phi) is 4.74. The van der Waals surface area contributed by atoms with Gasteiger partial charge >= 0.3 is 0 Å². The van der Waals surface area contributed by atoms with Gasteiger partial charge in [-0.3, -0.25) is 4.79 Å². The van der Waals surface area contributed by atoms with Crippen molar-refractivity contribution < 1.29 is 4.79 Å². The van der Waals surface area contributed by atoms with E-state index in [4.69, 9.17) is 0 Å². The van der Waals surface area contributed by atoms with Crippen molar-refractivity contribution in [3.05, 3.63) is 42.5 Å². The van der Waals surface area contributed by atoms with Crippen LogP contribution < -0.4 is 0 Å². The summed E-state index contributed by atoms with van der Waals surface area (Å²) in [5, 5.41) is 0. The van der Waals surface area contributed by atoms with Gasteiger partial charge in [0.15, 0.2) is 0 Å². The Morgan fingerprint density at radius 3 is 2.78 bits per heavy atom. The summed E-state index contributed by atoms with van der Waals surface area (Å²) in [4.78, 5) is 11.4. The first-order valence-corrected chi connectivity index (χ1v) is 7.00. The highest BCUT2D eigenvalue weighted by Gasteiger charge is 2.18. The molecule has 1 aliphatic rings. The molecular weight excluding hydrogens is 220 g/mol. The Balaban J connectivity index is 1.72. The highest BCUT2D eigenvalue weighted by Crippen LogP contribution is 2.27. The van der Waals surface area contributed by atoms with Crippen molar-refractivity contribution in [1.29, 1.82) is 0 Å². The maximum atomic E-state index is 11.4. The Labute approximate surface area is 110 Å². The largest absolute Gasteiger partial charge is 0.300 e. The number of hydrogen-bond acceptors (Lipinski definition) is 1. The van der Waals surface area contributed by atoms with Gasteiger partial charge in [0.25, 0.3) is 0 Å². The van der Waals surface area contributed by atoms with Crippen LogP contribution in [0.4, 0.5) is 0 Å². The smallest absolute Gasteiger partial charge is 0.133 e. The van der Waals surface area contributed by atoms with Crippen LogP contribution in [-0.2, 0) is 4.79 Å². The monoisotopic (exact) mass is 242 g/mol. The zero-order chi connectivity index (χ0) is 12.8. The van der Waals surface area contributed by atoms with Gasteiger partial charge in [-0.25, -0.2) is 0 Å². The molecule has 0 amide bonds. The minimum atomic E-state index is 0.466. The number of carbonyl (C=O) groups excluding carboxylic acids is 1. The van der Waals surface area contributed by atoms with Gasteiger partial charge in [0, 0.05) is 12.8 Å². The van der Waals surface area contributed by atoms with Gasteiger partial charge in [-0.2, -0.15) is 0 Å². The second kappa shape index (κ2) is 6.53. The van der Waals surface area contributed by atoms with Gasteiger partial charge in [0.05, 0.1) is 0 Å². The van der Waals surface area contributed by atoms with Gasteiger partial charge in [0.1, 0.15) is 5.78 Å². The van der Waals surface area contributed by atoms with E-state index in [1.165, 1.54) is 24.0 Å².